The lowest BCUT2D eigenvalue weighted by molar-refractivity contribution is 0.198. The van der Waals surface area contributed by atoms with Gasteiger partial charge in [-0.15, -0.1) is 0 Å². The first kappa shape index (κ1) is 30.9. The van der Waals surface area contributed by atoms with Crippen molar-refractivity contribution in [2.45, 2.75) is 45.5 Å². The van der Waals surface area contributed by atoms with Gasteiger partial charge in [0.2, 0.25) is 0 Å². The first-order chi connectivity index (χ1) is 26.4. The Kier molecular flexibility index (Phi) is 7.29. The Morgan fingerprint density at radius 1 is 0.472 bits per heavy atom. The van der Waals surface area contributed by atoms with Crippen LogP contribution in [0.2, 0.25) is 0 Å². The number of para-hydroxylation sites is 2. The van der Waals surface area contributed by atoms with Crippen LogP contribution < -0.4 is 20.7 Å². The minimum absolute atomic E-state index is 0.256. The third-order valence-corrected chi connectivity index (χ3v) is 16.9. The fraction of sp³-hybridized carbons (Fsp3) is 0.160. The zero-order valence-corrected chi connectivity index (χ0v) is 31.5. The molecular weight excluding hydrogens is 657 g/mol. The molecular formula is C50H44N2Si. The third-order valence-electron chi connectivity index (χ3n) is 12.1. The Morgan fingerprint density at radius 3 is 1.45 bits per heavy atom. The normalized spacial score (nSPS) is 16.0. The summed E-state index contributed by atoms with van der Waals surface area (Å²) >= 11 is 0. The first-order valence-corrected chi connectivity index (χ1v) is 21.1. The molecule has 0 unspecified atom stereocenters. The second-order valence-electron chi connectivity index (χ2n) is 15.7. The van der Waals surface area contributed by atoms with E-state index < -0.39 is 14.1 Å². The largest absolute Gasteiger partial charge is 0.337 e. The summed E-state index contributed by atoms with van der Waals surface area (Å²) < 4.78 is 15.0. The van der Waals surface area contributed by atoms with Crippen molar-refractivity contribution in [3.63, 3.8) is 0 Å². The van der Waals surface area contributed by atoms with Gasteiger partial charge in [0.1, 0.15) is 0 Å². The molecule has 53 heavy (non-hydrogen) atoms. The van der Waals surface area contributed by atoms with Gasteiger partial charge in [-0.2, -0.15) is 0 Å². The molecule has 10 rings (SSSR count). The number of hydrogen-bond acceptors (Lipinski definition) is 0. The van der Waals surface area contributed by atoms with Gasteiger partial charge in [-0.1, -0.05) is 153 Å². The highest BCUT2D eigenvalue weighted by atomic mass is 28.3. The van der Waals surface area contributed by atoms with E-state index in [1.54, 1.807) is 0 Å². The van der Waals surface area contributed by atoms with Crippen molar-refractivity contribution in [2.24, 2.45) is 5.41 Å². The molecule has 0 bridgehead atoms. The van der Waals surface area contributed by atoms with E-state index in [9.17, 15) is 1.37 Å². The molecule has 9 aromatic rings. The molecule has 7 aromatic carbocycles. The molecule has 2 aromatic heterocycles. The minimum atomic E-state index is -2.77. The van der Waals surface area contributed by atoms with E-state index >= 15 is 0 Å². The molecule has 0 radical (unpaired) electrons. The standard InChI is InChI=1S/C50H44N2Si/c1-50(2)32-30-36(31-33-50)51-48-28-26-37(52-46-24-14-12-22-42(46)43-23-13-15-25-47(43)52)34-44(48)45-35-41(27-29-49(45)51)53(38-16-6-3-7-17-38,39-18-8-4-9-19-39)40-20-10-5-11-21-40/h3-29,34-36H,30-33H2,1-2H3/i36D. The number of fused-ring (bicyclic) bond motifs is 6. The molecule has 1 aliphatic rings. The van der Waals surface area contributed by atoms with Crippen LogP contribution in [0.5, 0.6) is 0 Å². The molecule has 0 atom stereocenters. The maximum absolute atomic E-state index is 10.2. The topological polar surface area (TPSA) is 9.86 Å². The van der Waals surface area contributed by atoms with E-state index in [0.717, 1.165) is 42.4 Å². The van der Waals surface area contributed by atoms with Crippen LogP contribution in [-0.2, 0) is 0 Å². The summed E-state index contributed by atoms with van der Waals surface area (Å²) in [5, 5.41) is 10.4. The quantitative estimate of drug-likeness (QED) is 0.121. The zero-order chi connectivity index (χ0) is 36.5. The number of nitrogens with zero attached hydrogens (tertiary/aromatic N) is 2. The summed E-state index contributed by atoms with van der Waals surface area (Å²) in [4.78, 5) is 0. The summed E-state index contributed by atoms with van der Waals surface area (Å²) in [6.45, 7) is 4.73. The highest BCUT2D eigenvalue weighted by Gasteiger charge is 2.41. The summed E-state index contributed by atoms with van der Waals surface area (Å²) in [7, 11) is -2.77. The molecule has 0 saturated heterocycles. The summed E-state index contributed by atoms with van der Waals surface area (Å²) in [5.41, 5.74) is 6.11. The predicted octanol–water partition coefficient (Wildman–Crippen LogP) is 10.4. The molecule has 0 N–H and O–H groups in total. The summed E-state index contributed by atoms with van der Waals surface area (Å²) in [6.07, 6.45) is 3.76. The minimum Gasteiger partial charge on any atom is -0.337 e. The maximum atomic E-state index is 10.2. The van der Waals surface area contributed by atoms with Crippen LogP contribution in [0.3, 0.4) is 0 Å². The third kappa shape index (κ3) is 5.05. The van der Waals surface area contributed by atoms with Crippen LogP contribution in [0.4, 0.5) is 0 Å². The molecule has 1 fully saturated rings. The van der Waals surface area contributed by atoms with Crippen LogP contribution in [0.1, 0.15) is 46.9 Å². The predicted molar refractivity (Wildman–Crippen MR) is 229 cm³/mol. The van der Waals surface area contributed by atoms with Gasteiger partial charge in [0, 0.05) is 44.3 Å². The molecule has 258 valence electrons. The van der Waals surface area contributed by atoms with Crippen LogP contribution in [0.15, 0.2) is 176 Å². The van der Waals surface area contributed by atoms with Crippen molar-refractivity contribution >= 4 is 72.4 Å². The molecule has 0 amide bonds. The van der Waals surface area contributed by atoms with Crippen LogP contribution in [-0.4, -0.2) is 17.2 Å². The van der Waals surface area contributed by atoms with E-state index in [0.29, 0.717) is 0 Å². The first-order valence-electron chi connectivity index (χ1n) is 19.6. The monoisotopic (exact) mass is 701 g/mol. The lowest BCUT2D eigenvalue weighted by atomic mass is 9.75. The SMILES string of the molecule is [2H]C1(n2c3ccc(-n4c5ccccc5c5ccccc54)cc3c3cc([Si](c4ccccc4)(c4ccccc4)c4ccccc4)ccc32)CCC(C)(C)CC1. The fourth-order valence-corrected chi connectivity index (χ4v) is 14.2. The number of benzene rings is 7. The number of hydrogen-bond donors (Lipinski definition) is 0. The van der Waals surface area contributed by atoms with Gasteiger partial charge in [0.15, 0.2) is 8.07 Å². The molecule has 3 heteroatoms. The van der Waals surface area contributed by atoms with Crippen LogP contribution in [0, 0.1) is 5.41 Å². The average Bonchev–Trinajstić information content (AvgIpc) is 3.73. The van der Waals surface area contributed by atoms with Gasteiger partial charge in [0.05, 0.1) is 12.4 Å². The van der Waals surface area contributed by atoms with E-state index in [1.807, 2.05) is 0 Å². The van der Waals surface area contributed by atoms with E-state index in [2.05, 4.69) is 199 Å². The van der Waals surface area contributed by atoms with Gasteiger partial charge in [-0.05, 0) is 88.2 Å². The molecule has 1 aliphatic carbocycles. The lowest BCUT2D eigenvalue weighted by Gasteiger charge is -2.36. The van der Waals surface area contributed by atoms with Crippen LogP contribution in [0.25, 0.3) is 49.3 Å². The maximum Gasteiger partial charge on any atom is 0.179 e. The molecule has 0 aliphatic heterocycles. The highest BCUT2D eigenvalue weighted by Crippen LogP contribution is 2.44. The van der Waals surface area contributed by atoms with Crippen molar-refractivity contribution in [1.29, 1.82) is 0 Å². The second kappa shape index (κ2) is 12.5. The lowest BCUT2D eigenvalue weighted by Crippen LogP contribution is -2.74. The van der Waals surface area contributed by atoms with Gasteiger partial charge < -0.3 is 9.13 Å². The second-order valence-corrected chi connectivity index (χ2v) is 19.5. The number of aromatic nitrogens is 2. The van der Waals surface area contributed by atoms with Gasteiger partial charge >= 0.3 is 0 Å². The van der Waals surface area contributed by atoms with Crippen molar-refractivity contribution in [3.05, 3.63) is 176 Å². The molecule has 1 saturated carbocycles. The Bertz CT molecular complexity index is 2660. The summed E-state index contributed by atoms with van der Waals surface area (Å²) in [5.74, 6) is 0. The Hall–Kier alpha value is -5.64. The van der Waals surface area contributed by atoms with Crippen LogP contribution >= 0.6 is 0 Å². The fourth-order valence-electron chi connectivity index (χ4n) is 9.43. The van der Waals surface area contributed by atoms with Crippen molar-refractivity contribution in [3.8, 4) is 5.69 Å². The molecule has 0 spiro atoms. The van der Waals surface area contributed by atoms with Crippen molar-refractivity contribution in [1.82, 2.24) is 9.13 Å². The average molecular weight is 702 g/mol. The highest BCUT2D eigenvalue weighted by molar-refractivity contribution is 7.20. The van der Waals surface area contributed by atoms with E-state index in [1.165, 1.54) is 53.3 Å². The van der Waals surface area contributed by atoms with E-state index in [-0.39, 0.29) is 5.41 Å². The summed E-state index contributed by atoms with van der Waals surface area (Å²) in [6, 6.07) is 64.6. The van der Waals surface area contributed by atoms with Gasteiger partial charge in [0.25, 0.3) is 0 Å². The van der Waals surface area contributed by atoms with E-state index in [4.69, 9.17) is 0 Å². The Morgan fingerprint density at radius 2 is 0.925 bits per heavy atom. The van der Waals surface area contributed by atoms with Gasteiger partial charge in [-0.3, -0.25) is 0 Å². The Balaban J connectivity index is 1.30. The molecule has 2 heterocycles. The van der Waals surface area contributed by atoms with Crippen molar-refractivity contribution in [2.75, 3.05) is 0 Å². The Labute approximate surface area is 314 Å². The van der Waals surface area contributed by atoms with Crippen molar-refractivity contribution < 1.29 is 1.37 Å². The zero-order valence-electron chi connectivity index (χ0n) is 31.5. The smallest absolute Gasteiger partial charge is 0.179 e. The van der Waals surface area contributed by atoms with Gasteiger partial charge in [-0.25, -0.2) is 0 Å². The number of rotatable bonds is 6. The molecule has 2 nitrogen and oxygen atoms in total.